The summed E-state index contributed by atoms with van der Waals surface area (Å²) in [5.41, 5.74) is -0.863. The van der Waals surface area contributed by atoms with E-state index in [9.17, 15) is 18.3 Å². The first-order valence-corrected chi connectivity index (χ1v) is 4.20. The summed E-state index contributed by atoms with van der Waals surface area (Å²) < 4.78 is 34.9. The summed E-state index contributed by atoms with van der Waals surface area (Å²) in [5.74, 6) is 0. The van der Waals surface area contributed by atoms with Crippen LogP contribution in [-0.4, -0.2) is 30.0 Å². The van der Waals surface area contributed by atoms with E-state index in [4.69, 9.17) is 0 Å². The highest BCUT2D eigenvalue weighted by Crippen LogP contribution is 2.20. The normalized spacial score (nSPS) is 13.4. The summed E-state index contributed by atoms with van der Waals surface area (Å²) in [5, 5.41) is 11.9. The first-order chi connectivity index (χ1) is 5.71. The zero-order chi connectivity index (χ0) is 10.5. The van der Waals surface area contributed by atoms with E-state index in [-0.39, 0.29) is 13.0 Å². The Balaban J connectivity index is 3.28. The highest BCUT2D eigenvalue weighted by atomic mass is 19.4. The third kappa shape index (κ3) is 11.7. The van der Waals surface area contributed by atoms with E-state index in [0.29, 0.717) is 6.54 Å². The average molecular weight is 199 g/mol. The molecular formula is C8H16F3NO. The standard InChI is InChI=1S/C8H16F3NO/c1-7(2,13)6-12-5-3-4-8(9,10)11/h12-13H,3-6H2,1-2H3. The van der Waals surface area contributed by atoms with Crippen molar-refractivity contribution in [2.45, 2.75) is 38.5 Å². The molecule has 0 unspecified atom stereocenters. The third-order valence-corrected chi connectivity index (χ3v) is 1.37. The summed E-state index contributed by atoms with van der Waals surface area (Å²) in [6, 6.07) is 0. The largest absolute Gasteiger partial charge is 0.389 e. The van der Waals surface area contributed by atoms with E-state index in [2.05, 4.69) is 5.32 Å². The predicted octanol–water partition coefficient (Wildman–Crippen LogP) is 1.69. The number of hydrogen-bond acceptors (Lipinski definition) is 2. The zero-order valence-electron chi connectivity index (χ0n) is 7.91. The second-order valence-electron chi connectivity index (χ2n) is 3.71. The van der Waals surface area contributed by atoms with Crippen molar-refractivity contribution in [3.05, 3.63) is 0 Å². The van der Waals surface area contributed by atoms with Crippen LogP contribution < -0.4 is 5.32 Å². The second-order valence-corrected chi connectivity index (χ2v) is 3.71. The maximum Gasteiger partial charge on any atom is 0.389 e. The number of rotatable bonds is 5. The fourth-order valence-corrected chi connectivity index (χ4v) is 0.808. The summed E-state index contributed by atoms with van der Waals surface area (Å²) in [6.45, 7) is 3.79. The molecule has 0 atom stereocenters. The molecule has 5 heteroatoms. The van der Waals surface area contributed by atoms with Gasteiger partial charge >= 0.3 is 6.18 Å². The topological polar surface area (TPSA) is 32.3 Å². The molecule has 2 N–H and O–H groups in total. The molecule has 0 aromatic carbocycles. The Bertz CT molecular complexity index is 123. The molecule has 13 heavy (non-hydrogen) atoms. The number of nitrogens with one attached hydrogen (secondary N) is 1. The lowest BCUT2D eigenvalue weighted by Crippen LogP contribution is -2.35. The van der Waals surface area contributed by atoms with Gasteiger partial charge in [0.25, 0.3) is 0 Å². The van der Waals surface area contributed by atoms with Crippen molar-refractivity contribution in [2.24, 2.45) is 0 Å². The first-order valence-electron chi connectivity index (χ1n) is 4.20. The molecule has 0 aliphatic heterocycles. The SMILES string of the molecule is CC(C)(O)CNCCCC(F)(F)F. The molecule has 0 saturated carbocycles. The van der Waals surface area contributed by atoms with Gasteiger partial charge in [-0.05, 0) is 26.8 Å². The molecule has 0 rings (SSSR count). The van der Waals surface area contributed by atoms with Crippen LogP contribution in [0.4, 0.5) is 13.2 Å². The van der Waals surface area contributed by atoms with Gasteiger partial charge in [0.2, 0.25) is 0 Å². The van der Waals surface area contributed by atoms with E-state index in [0.717, 1.165) is 0 Å². The van der Waals surface area contributed by atoms with Crippen molar-refractivity contribution in [3.8, 4) is 0 Å². The quantitative estimate of drug-likeness (QED) is 0.660. The summed E-state index contributed by atoms with van der Waals surface area (Å²) in [4.78, 5) is 0. The molecule has 0 heterocycles. The average Bonchev–Trinajstić information content (AvgIpc) is 1.81. The van der Waals surface area contributed by atoms with Crippen LogP contribution in [0.25, 0.3) is 0 Å². The van der Waals surface area contributed by atoms with Gasteiger partial charge in [0, 0.05) is 13.0 Å². The minimum absolute atomic E-state index is 0.0551. The van der Waals surface area contributed by atoms with Gasteiger partial charge in [-0.2, -0.15) is 13.2 Å². The molecule has 2 nitrogen and oxygen atoms in total. The zero-order valence-corrected chi connectivity index (χ0v) is 7.91. The Hall–Kier alpha value is -0.290. The molecule has 0 spiro atoms. The molecule has 0 aliphatic rings. The van der Waals surface area contributed by atoms with E-state index in [1.807, 2.05) is 0 Å². The molecule has 0 bridgehead atoms. The molecule has 0 aliphatic carbocycles. The molecule has 0 amide bonds. The summed E-state index contributed by atoms with van der Waals surface area (Å²) in [7, 11) is 0. The highest BCUT2D eigenvalue weighted by molar-refractivity contribution is 4.68. The number of alkyl halides is 3. The molecule has 80 valence electrons. The molecule has 0 fully saturated rings. The number of aliphatic hydroxyl groups is 1. The lowest BCUT2D eigenvalue weighted by atomic mass is 10.1. The van der Waals surface area contributed by atoms with Gasteiger partial charge in [-0.3, -0.25) is 0 Å². The monoisotopic (exact) mass is 199 g/mol. The van der Waals surface area contributed by atoms with Crippen LogP contribution in [0.5, 0.6) is 0 Å². The number of halogens is 3. The predicted molar refractivity (Wildman–Crippen MR) is 44.5 cm³/mol. The van der Waals surface area contributed by atoms with Crippen LogP contribution in [-0.2, 0) is 0 Å². The van der Waals surface area contributed by atoms with Crippen LogP contribution in [0.1, 0.15) is 26.7 Å². The van der Waals surface area contributed by atoms with Crippen molar-refractivity contribution in [1.29, 1.82) is 0 Å². The van der Waals surface area contributed by atoms with Crippen molar-refractivity contribution >= 4 is 0 Å². The molecule has 0 aromatic heterocycles. The Kier molecular flexibility index (Phi) is 4.70. The highest BCUT2D eigenvalue weighted by Gasteiger charge is 2.25. The van der Waals surface area contributed by atoms with Crippen LogP contribution in [0.2, 0.25) is 0 Å². The third-order valence-electron chi connectivity index (χ3n) is 1.37. The van der Waals surface area contributed by atoms with Crippen molar-refractivity contribution < 1.29 is 18.3 Å². The lowest BCUT2D eigenvalue weighted by Gasteiger charge is -2.17. The fourth-order valence-electron chi connectivity index (χ4n) is 0.808. The van der Waals surface area contributed by atoms with Gasteiger partial charge in [0.1, 0.15) is 0 Å². The van der Waals surface area contributed by atoms with Crippen molar-refractivity contribution in [1.82, 2.24) is 5.32 Å². The van der Waals surface area contributed by atoms with Crippen LogP contribution in [0.3, 0.4) is 0 Å². The van der Waals surface area contributed by atoms with Crippen LogP contribution in [0.15, 0.2) is 0 Å². The fraction of sp³-hybridized carbons (Fsp3) is 1.00. The van der Waals surface area contributed by atoms with E-state index in [1.54, 1.807) is 13.8 Å². The minimum atomic E-state index is -4.07. The Morgan fingerprint density at radius 3 is 2.15 bits per heavy atom. The Labute approximate surface area is 76.1 Å². The Morgan fingerprint density at radius 2 is 1.77 bits per heavy atom. The first kappa shape index (κ1) is 12.7. The number of hydrogen-bond donors (Lipinski definition) is 2. The van der Waals surface area contributed by atoms with E-state index < -0.39 is 18.2 Å². The second kappa shape index (κ2) is 4.81. The van der Waals surface area contributed by atoms with Gasteiger partial charge in [-0.25, -0.2) is 0 Å². The van der Waals surface area contributed by atoms with E-state index in [1.165, 1.54) is 0 Å². The van der Waals surface area contributed by atoms with Gasteiger partial charge in [-0.15, -0.1) is 0 Å². The van der Waals surface area contributed by atoms with Crippen molar-refractivity contribution in [3.63, 3.8) is 0 Å². The van der Waals surface area contributed by atoms with Crippen LogP contribution >= 0.6 is 0 Å². The maximum absolute atomic E-state index is 11.6. The van der Waals surface area contributed by atoms with Gasteiger partial charge in [0.15, 0.2) is 0 Å². The smallest absolute Gasteiger partial charge is 0.389 e. The van der Waals surface area contributed by atoms with Gasteiger partial charge in [0.05, 0.1) is 5.60 Å². The summed E-state index contributed by atoms with van der Waals surface area (Å²) in [6.07, 6.45) is -4.79. The molecule has 0 radical (unpaired) electrons. The minimum Gasteiger partial charge on any atom is -0.389 e. The Morgan fingerprint density at radius 1 is 1.23 bits per heavy atom. The molecule has 0 saturated heterocycles. The van der Waals surface area contributed by atoms with Crippen LogP contribution in [0, 0.1) is 0 Å². The molecular weight excluding hydrogens is 183 g/mol. The van der Waals surface area contributed by atoms with Crippen molar-refractivity contribution in [2.75, 3.05) is 13.1 Å². The maximum atomic E-state index is 11.6. The van der Waals surface area contributed by atoms with E-state index >= 15 is 0 Å². The lowest BCUT2D eigenvalue weighted by molar-refractivity contribution is -0.135. The van der Waals surface area contributed by atoms with Gasteiger partial charge in [-0.1, -0.05) is 0 Å². The molecule has 0 aromatic rings. The summed E-state index contributed by atoms with van der Waals surface area (Å²) >= 11 is 0. The van der Waals surface area contributed by atoms with Gasteiger partial charge < -0.3 is 10.4 Å².